The van der Waals surface area contributed by atoms with Gasteiger partial charge in [0.2, 0.25) is 5.91 Å². The van der Waals surface area contributed by atoms with Gasteiger partial charge in [-0.25, -0.2) is 0 Å². The first-order valence-electron chi connectivity index (χ1n) is 6.71. The number of amides is 1. The van der Waals surface area contributed by atoms with Gasteiger partial charge in [-0.05, 0) is 42.1 Å². The van der Waals surface area contributed by atoms with Crippen molar-refractivity contribution in [3.63, 3.8) is 0 Å². The summed E-state index contributed by atoms with van der Waals surface area (Å²) in [5.41, 5.74) is 3.61. The van der Waals surface area contributed by atoms with Crippen LogP contribution in [-0.4, -0.2) is 12.5 Å². The zero-order chi connectivity index (χ0) is 13.1. The number of fused-ring (bicyclic) bond motifs is 1. The lowest BCUT2D eigenvalue weighted by Gasteiger charge is -2.19. The molecule has 18 heavy (non-hydrogen) atoms. The minimum atomic E-state index is 0.0409. The monoisotopic (exact) mass is 246 g/mol. The molecule has 1 unspecified atom stereocenters. The van der Waals surface area contributed by atoms with Crippen LogP contribution in [0.4, 0.5) is 5.69 Å². The molecule has 0 fully saturated rings. The fraction of sp³-hybridized carbons (Fsp3) is 0.533. The van der Waals surface area contributed by atoms with E-state index in [-0.39, 0.29) is 11.8 Å². The number of carbonyl (C=O) groups excluding carboxylic acids is 1. The van der Waals surface area contributed by atoms with E-state index in [0.29, 0.717) is 5.92 Å². The Morgan fingerprint density at radius 1 is 1.28 bits per heavy atom. The van der Waals surface area contributed by atoms with Gasteiger partial charge >= 0.3 is 0 Å². The van der Waals surface area contributed by atoms with Crippen molar-refractivity contribution < 1.29 is 4.79 Å². The number of rotatable bonds is 3. The Balaban J connectivity index is 2.08. The van der Waals surface area contributed by atoms with E-state index in [1.165, 1.54) is 11.1 Å². The third-order valence-corrected chi connectivity index (χ3v) is 3.77. The smallest absolute Gasteiger partial charge is 0.227 e. The zero-order valence-corrected chi connectivity index (χ0v) is 11.4. The largest absolute Gasteiger partial charge is 0.326 e. The Morgan fingerprint density at radius 3 is 2.78 bits per heavy atom. The Hall–Kier alpha value is -1.35. The molecule has 0 saturated carbocycles. The van der Waals surface area contributed by atoms with E-state index in [1.807, 2.05) is 13.0 Å². The van der Waals surface area contributed by atoms with E-state index in [9.17, 15) is 4.79 Å². The molecule has 1 aliphatic rings. The normalized spacial score (nSPS) is 16.2. The summed E-state index contributed by atoms with van der Waals surface area (Å²) in [6, 6.07) is 6.23. The summed E-state index contributed by atoms with van der Waals surface area (Å²) in [7, 11) is 0. The molecule has 2 rings (SSSR count). The number of anilines is 1. The highest BCUT2D eigenvalue weighted by atomic mass is 16.1. The van der Waals surface area contributed by atoms with Crippen LogP contribution < -0.4 is 10.6 Å². The Kier molecular flexibility index (Phi) is 4.02. The predicted octanol–water partition coefficient (Wildman–Crippen LogP) is 2.56. The predicted molar refractivity (Wildman–Crippen MR) is 74.5 cm³/mol. The minimum Gasteiger partial charge on any atom is -0.326 e. The summed E-state index contributed by atoms with van der Waals surface area (Å²) in [5, 5.41) is 6.36. The first-order chi connectivity index (χ1) is 8.58. The molecule has 2 N–H and O–H groups in total. The van der Waals surface area contributed by atoms with Crippen LogP contribution in [0.15, 0.2) is 18.2 Å². The average Bonchev–Trinajstić information content (AvgIpc) is 2.37. The number of benzene rings is 1. The van der Waals surface area contributed by atoms with Crippen LogP contribution in [0.25, 0.3) is 0 Å². The van der Waals surface area contributed by atoms with Gasteiger partial charge in [-0.15, -0.1) is 0 Å². The molecule has 0 spiro atoms. The van der Waals surface area contributed by atoms with Crippen molar-refractivity contribution in [3.8, 4) is 0 Å². The fourth-order valence-electron chi connectivity index (χ4n) is 2.12. The van der Waals surface area contributed by atoms with Crippen molar-refractivity contribution in [3.05, 3.63) is 29.3 Å². The molecule has 1 atom stereocenters. The van der Waals surface area contributed by atoms with Crippen LogP contribution in [0.1, 0.15) is 31.9 Å². The standard InChI is InChI=1S/C15H22N2O/c1-10(2)11(3)15(18)17-14-5-4-12-6-7-16-9-13(12)8-14/h4-5,8,10-11,16H,6-7,9H2,1-3H3,(H,17,18). The van der Waals surface area contributed by atoms with Gasteiger partial charge in [0.1, 0.15) is 0 Å². The van der Waals surface area contributed by atoms with Gasteiger partial charge in [-0.1, -0.05) is 26.8 Å². The van der Waals surface area contributed by atoms with Gasteiger partial charge in [0.15, 0.2) is 0 Å². The highest BCUT2D eigenvalue weighted by molar-refractivity contribution is 5.92. The van der Waals surface area contributed by atoms with E-state index < -0.39 is 0 Å². The van der Waals surface area contributed by atoms with Gasteiger partial charge in [0, 0.05) is 18.2 Å². The van der Waals surface area contributed by atoms with Gasteiger partial charge in [-0.2, -0.15) is 0 Å². The maximum atomic E-state index is 12.0. The van der Waals surface area contributed by atoms with Crippen molar-refractivity contribution >= 4 is 11.6 Å². The van der Waals surface area contributed by atoms with E-state index in [2.05, 4.69) is 36.6 Å². The van der Waals surface area contributed by atoms with E-state index in [4.69, 9.17) is 0 Å². The van der Waals surface area contributed by atoms with Crippen molar-refractivity contribution in [2.75, 3.05) is 11.9 Å². The molecule has 1 heterocycles. The Labute approximate surface area is 109 Å². The fourth-order valence-corrected chi connectivity index (χ4v) is 2.12. The summed E-state index contributed by atoms with van der Waals surface area (Å²) >= 11 is 0. The molecule has 0 aromatic heterocycles. The second-order valence-electron chi connectivity index (χ2n) is 5.43. The lowest BCUT2D eigenvalue weighted by molar-refractivity contribution is -0.120. The van der Waals surface area contributed by atoms with E-state index in [0.717, 1.165) is 25.2 Å². The van der Waals surface area contributed by atoms with Gasteiger partial charge in [0.25, 0.3) is 0 Å². The van der Waals surface area contributed by atoms with Crippen LogP contribution in [-0.2, 0) is 17.8 Å². The first kappa shape index (κ1) is 13.1. The number of hydrogen-bond donors (Lipinski definition) is 2. The molecule has 98 valence electrons. The zero-order valence-electron chi connectivity index (χ0n) is 11.4. The third-order valence-electron chi connectivity index (χ3n) is 3.77. The molecule has 1 aliphatic heterocycles. The van der Waals surface area contributed by atoms with Crippen molar-refractivity contribution in [2.45, 2.75) is 33.7 Å². The second-order valence-corrected chi connectivity index (χ2v) is 5.43. The summed E-state index contributed by atoms with van der Waals surface area (Å²) in [4.78, 5) is 12.0. The lowest BCUT2D eigenvalue weighted by Crippen LogP contribution is -2.26. The topological polar surface area (TPSA) is 41.1 Å². The van der Waals surface area contributed by atoms with Crippen LogP contribution in [0.3, 0.4) is 0 Å². The van der Waals surface area contributed by atoms with E-state index in [1.54, 1.807) is 0 Å². The van der Waals surface area contributed by atoms with Gasteiger partial charge < -0.3 is 10.6 Å². The molecule has 3 heteroatoms. The molecule has 3 nitrogen and oxygen atoms in total. The van der Waals surface area contributed by atoms with Gasteiger partial charge in [0.05, 0.1) is 0 Å². The second kappa shape index (κ2) is 5.53. The van der Waals surface area contributed by atoms with Crippen molar-refractivity contribution in [2.24, 2.45) is 11.8 Å². The molecule has 1 amide bonds. The van der Waals surface area contributed by atoms with Crippen molar-refractivity contribution in [1.82, 2.24) is 5.32 Å². The van der Waals surface area contributed by atoms with Crippen LogP contribution in [0, 0.1) is 11.8 Å². The van der Waals surface area contributed by atoms with Gasteiger partial charge in [-0.3, -0.25) is 4.79 Å². The molecular weight excluding hydrogens is 224 g/mol. The minimum absolute atomic E-state index is 0.0409. The van der Waals surface area contributed by atoms with E-state index >= 15 is 0 Å². The Morgan fingerprint density at radius 2 is 2.06 bits per heavy atom. The SMILES string of the molecule is CC(C)C(C)C(=O)Nc1ccc2c(c1)CNCC2. The average molecular weight is 246 g/mol. The number of carbonyl (C=O) groups is 1. The summed E-state index contributed by atoms with van der Waals surface area (Å²) in [6.07, 6.45) is 1.08. The van der Waals surface area contributed by atoms with Crippen LogP contribution in [0.2, 0.25) is 0 Å². The van der Waals surface area contributed by atoms with Crippen LogP contribution >= 0.6 is 0 Å². The summed E-state index contributed by atoms with van der Waals surface area (Å²) in [5.74, 6) is 0.511. The maximum absolute atomic E-state index is 12.0. The molecular formula is C15H22N2O. The molecule has 0 aliphatic carbocycles. The lowest BCUT2D eigenvalue weighted by atomic mass is 9.96. The molecule has 0 saturated heterocycles. The highest BCUT2D eigenvalue weighted by Crippen LogP contribution is 2.20. The highest BCUT2D eigenvalue weighted by Gasteiger charge is 2.17. The number of nitrogens with one attached hydrogen (secondary N) is 2. The van der Waals surface area contributed by atoms with Crippen molar-refractivity contribution in [1.29, 1.82) is 0 Å². The molecule has 0 radical (unpaired) electrons. The molecule has 0 bridgehead atoms. The third kappa shape index (κ3) is 2.91. The molecule has 1 aromatic rings. The first-order valence-corrected chi connectivity index (χ1v) is 6.71. The maximum Gasteiger partial charge on any atom is 0.227 e. The Bertz CT molecular complexity index is 440. The number of hydrogen-bond acceptors (Lipinski definition) is 2. The quantitative estimate of drug-likeness (QED) is 0.860. The summed E-state index contributed by atoms with van der Waals surface area (Å²) < 4.78 is 0. The summed E-state index contributed by atoms with van der Waals surface area (Å²) in [6.45, 7) is 8.06. The van der Waals surface area contributed by atoms with Crippen LogP contribution in [0.5, 0.6) is 0 Å². The molecule has 1 aromatic carbocycles.